The zero-order chi connectivity index (χ0) is 19.1. The van der Waals surface area contributed by atoms with E-state index in [0.717, 1.165) is 22.4 Å². The third-order valence-electron chi connectivity index (χ3n) is 3.48. The second-order valence-electron chi connectivity index (χ2n) is 5.37. The van der Waals surface area contributed by atoms with Crippen LogP contribution < -0.4 is 5.56 Å². The predicted molar refractivity (Wildman–Crippen MR) is 90.5 cm³/mol. The summed E-state index contributed by atoms with van der Waals surface area (Å²) in [6.45, 7) is 0. The number of imidazole rings is 1. The number of fused-ring (bicyclic) bond motifs is 1. The molecule has 0 amide bonds. The first-order valence-corrected chi connectivity index (χ1v) is 8.63. The smallest absolute Gasteiger partial charge is 0.318 e. The lowest BCUT2D eigenvalue weighted by Gasteiger charge is -2.13. The van der Waals surface area contributed by atoms with Crippen LogP contribution in [-0.4, -0.2) is 31.0 Å². The van der Waals surface area contributed by atoms with Gasteiger partial charge in [-0.25, -0.2) is 14.4 Å². The van der Waals surface area contributed by atoms with Crippen molar-refractivity contribution in [3.8, 4) is 5.69 Å². The van der Waals surface area contributed by atoms with Gasteiger partial charge in [0.25, 0.3) is 5.56 Å². The fraction of sp³-hybridized carbons (Fsp3) is 0.267. The standard InChI is InChI=1S/C15H11ClF4N4OS/c1-23-7-21-11-12(23)22-14(26-5-4-15(18,19)20)24(13(11)25)8-2-3-9(16)10(17)6-8/h2-3,6-7H,4-5H2,1H3. The number of thioether (sulfide) groups is 1. The molecule has 0 N–H and O–H groups in total. The highest BCUT2D eigenvalue weighted by Gasteiger charge is 2.27. The topological polar surface area (TPSA) is 52.7 Å². The van der Waals surface area contributed by atoms with Crippen LogP contribution in [0.25, 0.3) is 16.9 Å². The van der Waals surface area contributed by atoms with Gasteiger partial charge in [-0.3, -0.25) is 9.36 Å². The van der Waals surface area contributed by atoms with E-state index in [0.29, 0.717) is 0 Å². The number of alkyl halides is 3. The molecule has 0 spiro atoms. The summed E-state index contributed by atoms with van der Waals surface area (Å²) in [5, 5.41) is -0.128. The molecular formula is C15H11ClF4N4OS. The maximum atomic E-state index is 13.8. The second kappa shape index (κ2) is 6.92. The summed E-state index contributed by atoms with van der Waals surface area (Å²) in [5.74, 6) is -1.10. The van der Waals surface area contributed by atoms with Gasteiger partial charge in [-0.2, -0.15) is 13.2 Å². The zero-order valence-corrected chi connectivity index (χ0v) is 14.8. The van der Waals surface area contributed by atoms with E-state index in [9.17, 15) is 22.4 Å². The number of benzene rings is 1. The van der Waals surface area contributed by atoms with E-state index in [1.807, 2.05) is 0 Å². The summed E-state index contributed by atoms with van der Waals surface area (Å²) in [5.41, 5.74) is -0.239. The van der Waals surface area contributed by atoms with Crippen LogP contribution >= 0.6 is 23.4 Å². The third kappa shape index (κ3) is 3.70. The van der Waals surface area contributed by atoms with Gasteiger partial charge in [-0.1, -0.05) is 23.4 Å². The Morgan fingerprint density at radius 2 is 2.04 bits per heavy atom. The minimum Gasteiger partial charge on any atom is -0.318 e. The Kier molecular flexibility index (Phi) is 4.98. The fourth-order valence-electron chi connectivity index (χ4n) is 2.25. The SMILES string of the molecule is Cn1cnc2c(=O)n(-c3ccc(Cl)c(F)c3)c(SCCC(F)(F)F)nc21. The monoisotopic (exact) mass is 406 g/mol. The quantitative estimate of drug-likeness (QED) is 0.374. The molecule has 3 rings (SSSR count). The molecule has 3 aromatic rings. The minimum atomic E-state index is -4.33. The molecule has 2 heterocycles. The number of nitrogens with zero attached hydrogens (tertiary/aromatic N) is 4. The first-order valence-electron chi connectivity index (χ1n) is 7.26. The number of hydrogen-bond donors (Lipinski definition) is 0. The van der Waals surface area contributed by atoms with E-state index >= 15 is 0 Å². The van der Waals surface area contributed by atoms with Crippen molar-refractivity contribution in [2.24, 2.45) is 7.05 Å². The summed E-state index contributed by atoms with van der Waals surface area (Å²) in [4.78, 5) is 21.0. The largest absolute Gasteiger partial charge is 0.389 e. The van der Waals surface area contributed by atoms with Crippen molar-refractivity contribution < 1.29 is 17.6 Å². The molecule has 0 fully saturated rings. The van der Waals surface area contributed by atoms with Gasteiger partial charge in [0.2, 0.25) is 0 Å². The molecule has 0 saturated carbocycles. The van der Waals surface area contributed by atoms with Crippen LogP contribution in [-0.2, 0) is 7.05 Å². The van der Waals surface area contributed by atoms with Crippen molar-refractivity contribution in [1.82, 2.24) is 19.1 Å². The van der Waals surface area contributed by atoms with Crippen LogP contribution in [0.15, 0.2) is 34.5 Å². The lowest BCUT2D eigenvalue weighted by Crippen LogP contribution is -2.22. The molecule has 0 aliphatic rings. The van der Waals surface area contributed by atoms with E-state index in [1.165, 1.54) is 23.0 Å². The van der Waals surface area contributed by atoms with Crippen LogP contribution in [0.4, 0.5) is 17.6 Å². The lowest BCUT2D eigenvalue weighted by molar-refractivity contribution is -0.129. The van der Waals surface area contributed by atoms with Gasteiger partial charge in [-0.05, 0) is 18.2 Å². The van der Waals surface area contributed by atoms with Gasteiger partial charge in [0.15, 0.2) is 16.3 Å². The van der Waals surface area contributed by atoms with E-state index in [4.69, 9.17) is 11.6 Å². The molecule has 1 aromatic carbocycles. The second-order valence-corrected chi connectivity index (χ2v) is 6.84. The van der Waals surface area contributed by atoms with E-state index in [2.05, 4.69) is 9.97 Å². The van der Waals surface area contributed by atoms with Crippen molar-refractivity contribution in [2.75, 3.05) is 5.75 Å². The van der Waals surface area contributed by atoms with Gasteiger partial charge in [0.05, 0.1) is 23.5 Å². The molecule has 0 aliphatic carbocycles. The maximum absolute atomic E-state index is 13.8. The average molecular weight is 407 g/mol. The molecule has 0 aliphatic heterocycles. The van der Waals surface area contributed by atoms with Crippen LogP contribution in [0.3, 0.4) is 0 Å². The van der Waals surface area contributed by atoms with Crippen LogP contribution in [0.2, 0.25) is 5.02 Å². The van der Waals surface area contributed by atoms with Gasteiger partial charge >= 0.3 is 6.18 Å². The first-order chi connectivity index (χ1) is 12.2. The molecule has 0 unspecified atom stereocenters. The van der Waals surface area contributed by atoms with Crippen molar-refractivity contribution >= 4 is 34.5 Å². The summed E-state index contributed by atoms with van der Waals surface area (Å²) in [6.07, 6.45) is -4.01. The Balaban J connectivity index is 2.14. The van der Waals surface area contributed by atoms with Crippen molar-refractivity contribution in [3.05, 3.63) is 45.7 Å². The molecule has 0 atom stereocenters. The van der Waals surface area contributed by atoms with Crippen molar-refractivity contribution in [3.63, 3.8) is 0 Å². The third-order valence-corrected chi connectivity index (χ3v) is 4.73. The van der Waals surface area contributed by atoms with Crippen molar-refractivity contribution in [2.45, 2.75) is 17.8 Å². The van der Waals surface area contributed by atoms with Gasteiger partial charge in [0.1, 0.15) is 5.82 Å². The molecule has 0 saturated heterocycles. The van der Waals surface area contributed by atoms with Crippen LogP contribution in [0, 0.1) is 5.82 Å². The lowest BCUT2D eigenvalue weighted by atomic mass is 10.3. The Bertz CT molecular complexity index is 1030. The Labute approximate surface area is 153 Å². The molecule has 26 heavy (non-hydrogen) atoms. The normalized spacial score (nSPS) is 12.1. The van der Waals surface area contributed by atoms with Gasteiger partial charge in [-0.15, -0.1) is 0 Å². The summed E-state index contributed by atoms with van der Waals surface area (Å²) in [6, 6.07) is 3.66. The Morgan fingerprint density at radius 1 is 1.31 bits per heavy atom. The molecule has 11 heteroatoms. The van der Waals surface area contributed by atoms with Crippen LogP contribution in [0.5, 0.6) is 0 Å². The van der Waals surface area contributed by atoms with Gasteiger partial charge < -0.3 is 4.57 Å². The van der Waals surface area contributed by atoms with Crippen molar-refractivity contribution in [1.29, 1.82) is 0 Å². The molecular weight excluding hydrogens is 396 g/mol. The molecule has 5 nitrogen and oxygen atoms in total. The predicted octanol–water partition coefficient (Wildman–Crippen LogP) is 3.96. The Morgan fingerprint density at radius 3 is 2.69 bits per heavy atom. The molecule has 138 valence electrons. The van der Waals surface area contributed by atoms with E-state index in [1.54, 1.807) is 7.05 Å². The Hall–Kier alpha value is -2.07. The fourth-order valence-corrected chi connectivity index (χ4v) is 3.35. The van der Waals surface area contributed by atoms with E-state index < -0.39 is 24.0 Å². The summed E-state index contributed by atoms with van der Waals surface area (Å²) in [7, 11) is 1.61. The molecule has 0 bridgehead atoms. The molecule has 2 aromatic heterocycles. The number of halogens is 5. The highest BCUT2D eigenvalue weighted by Crippen LogP contribution is 2.27. The highest BCUT2D eigenvalue weighted by atomic mass is 35.5. The first kappa shape index (κ1) is 18.7. The number of aryl methyl sites for hydroxylation is 1. The zero-order valence-electron chi connectivity index (χ0n) is 13.2. The average Bonchev–Trinajstić information content (AvgIpc) is 2.91. The van der Waals surface area contributed by atoms with Crippen LogP contribution in [0.1, 0.15) is 6.42 Å². The highest BCUT2D eigenvalue weighted by molar-refractivity contribution is 7.99. The number of aromatic nitrogens is 4. The number of hydrogen-bond acceptors (Lipinski definition) is 4. The minimum absolute atomic E-state index is 0.0112. The summed E-state index contributed by atoms with van der Waals surface area (Å²) >= 11 is 6.41. The number of rotatable bonds is 4. The molecule has 0 radical (unpaired) electrons. The maximum Gasteiger partial charge on any atom is 0.389 e. The van der Waals surface area contributed by atoms with Gasteiger partial charge in [0, 0.05) is 12.8 Å². The van der Waals surface area contributed by atoms with E-state index in [-0.39, 0.29) is 32.8 Å². The summed E-state index contributed by atoms with van der Waals surface area (Å²) < 4.78 is 53.7.